The maximum Gasteiger partial charge on any atom is 0.416 e. The van der Waals surface area contributed by atoms with E-state index in [4.69, 9.17) is 0 Å². The minimum Gasteiger partial charge on any atom is -0.339 e. The van der Waals surface area contributed by atoms with E-state index >= 15 is 0 Å². The van der Waals surface area contributed by atoms with Crippen LogP contribution in [-0.2, 0) is 11.0 Å². The number of likely N-dealkylation sites (tertiary alicyclic amines) is 2. The topological polar surface area (TPSA) is 69.7 Å². The van der Waals surface area contributed by atoms with Crippen molar-refractivity contribution >= 4 is 23.4 Å². The molecule has 34 heavy (non-hydrogen) atoms. The Morgan fingerprint density at radius 3 is 2.00 bits per heavy atom. The van der Waals surface area contributed by atoms with Crippen molar-refractivity contribution in [3.05, 3.63) is 65.2 Å². The average molecular weight is 473 g/mol. The van der Waals surface area contributed by atoms with Gasteiger partial charge in [0.2, 0.25) is 5.91 Å². The number of rotatable bonds is 4. The molecule has 9 heteroatoms. The number of hydrogen-bond donors (Lipinski definition) is 1. The smallest absolute Gasteiger partial charge is 0.339 e. The molecular weight excluding hydrogens is 447 g/mol. The molecule has 0 aliphatic carbocycles. The summed E-state index contributed by atoms with van der Waals surface area (Å²) in [6, 6.07) is 11.1. The average Bonchev–Trinajstić information content (AvgIpc) is 3.38. The van der Waals surface area contributed by atoms with Crippen LogP contribution in [0.2, 0.25) is 0 Å². The molecular formula is C25H26F3N3O3. The second kappa shape index (κ2) is 9.87. The number of carbonyl (C=O) groups excluding carboxylic acids is 3. The Balaban J connectivity index is 1.31. The first-order valence-electron chi connectivity index (χ1n) is 11.4. The van der Waals surface area contributed by atoms with Gasteiger partial charge in [-0.15, -0.1) is 0 Å². The van der Waals surface area contributed by atoms with Crippen molar-refractivity contribution in [1.29, 1.82) is 0 Å². The first-order chi connectivity index (χ1) is 16.2. The molecule has 0 saturated carbocycles. The van der Waals surface area contributed by atoms with Crippen LogP contribution in [0.25, 0.3) is 0 Å². The van der Waals surface area contributed by atoms with Gasteiger partial charge >= 0.3 is 6.18 Å². The fourth-order valence-corrected chi connectivity index (χ4v) is 4.41. The van der Waals surface area contributed by atoms with Crippen molar-refractivity contribution < 1.29 is 27.6 Å². The van der Waals surface area contributed by atoms with Crippen LogP contribution in [0.5, 0.6) is 0 Å². The van der Waals surface area contributed by atoms with Crippen molar-refractivity contribution in [2.75, 3.05) is 31.5 Å². The number of nitrogens with one attached hydrogen (secondary N) is 1. The summed E-state index contributed by atoms with van der Waals surface area (Å²) in [5.41, 5.74) is 0.482. The molecule has 2 heterocycles. The number of alkyl halides is 3. The Labute approximate surface area is 195 Å². The summed E-state index contributed by atoms with van der Waals surface area (Å²) >= 11 is 0. The number of anilines is 1. The zero-order chi connectivity index (χ0) is 24.3. The summed E-state index contributed by atoms with van der Waals surface area (Å²) in [6.07, 6.45) is -1.55. The zero-order valence-electron chi connectivity index (χ0n) is 18.6. The molecule has 2 aliphatic heterocycles. The van der Waals surface area contributed by atoms with Crippen molar-refractivity contribution in [2.45, 2.75) is 31.9 Å². The predicted molar refractivity (Wildman–Crippen MR) is 120 cm³/mol. The number of hydrogen-bond acceptors (Lipinski definition) is 3. The van der Waals surface area contributed by atoms with Crippen molar-refractivity contribution in [2.24, 2.45) is 5.92 Å². The van der Waals surface area contributed by atoms with Gasteiger partial charge < -0.3 is 15.1 Å². The van der Waals surface area contributed by atoms with E-state index in [1.54, 1.807) is 29.2 Å². The maximum absolute atomic E-state index is 12.8. The summed E-state index contributed by atoms with van der Waals surface area (Å²) in [7, 11) is 0. The Bertz CT molecular complexity index is 1060. The summed E-state index contributed by atoms with van der Waals surface area (Å²) in [4.78, 5) is 41.4. The minimum atomic E-state index is -4.45. The Kier molecular flexibility index (Phi) is 6.90. The van der Waals surface area contributed by atoms with Gasteiger partial charge in [-0.2, -0.15) is 13.2 Å². The van der Waals surface area contributed by atoms with Crippen LogP contribution in [0.4, 0.5) is 18.9 Å². The quantitative estimate of drug-likeness (QED) is 0.714. The van der Waals surface area contributed by atoms with Gasteiger partial charge in [-0.1, -0.05) is 6.07 Å². The van der Waals surface area contributed by atoms with E-state index in [9.17, 15) is 27.6 Å². The molecule has 3 amide bonds. The number of nitrogens with zero attached hydrogens (tertiary/aromatic N) is 2. The number of amides is 3. The van der Waals surface area contributed by atoms with E-state index in [1.165, 1.54) is 12.1 Å². The second-order valence-corrected chi connectivity index (χ2v) is 8.71. The highest BCUT2D eigenvalue weighted by Crippen LogP contribution is 2.29. The summed E-state index contributed by atoms with van der Waals surface area (Å²) in [5.74, 6) is -0.855. The van der Waals surface area contributed by atoms with Gasteiger partial charge in [0.05, 0.1) is 5.56 Å². The molecule has 0 atom stereocenters. The SMILES string of the molecule is O=C(Nc1cccc(C(=O)N2CCCC2)c1)C1CCN(C(=O)c2ccc(C(F)(F)F)cc2)CC1. The standard InChI is InChI=1S/C25H26F3N3O3/c26-25(27,28)20-8-6-18(7-9-20)23(33)31-14-10-17(11-15-31)22(32)29-21-5-3-4-19(16-21)24(34)30-12-1-2-13-30/h3-9,16-17H,1-2,10-15H2,(H,29,32). The van der Waals surface area contributed by atoms with E-state index in [0.717, 1.165) is 38.1 Å². The molecule has 4 rings (SSSR count). The van der Waals surface area contributed by atoms with Crippen LogP contribution in [0.1, 0.15) is 52.0 Å². The molecule has 0 aromatic heterocycles. The molecule has 0 unspecified atom stereocenters. The normalized spacial score (nSPS) is 17.0. The Morgan fingerprint density at radius 1 is 0.794 bits per heavy atom. The lowest BCUT2D eigenvalue weighted by Gasteiger charge is -2.31. The number of halogens is 3. The third kappa shape index (κ3) is 5.40. The summed E-state index contributed by atoms with van der Waals surface area (Å²) in [6.45, 7) is 2.18. The van der Waals surface area contributed by atoms with E-state index in [-0.39, 0.29) is 29.2 Å². The summed E-state index contributed by atoms with van der Waals surface area (Å²) < 4.78 is 38.2. The van der Waals surface area contributed by atoms with Gasteiger partial charge in [0.15, 0.2) is 0 Å². The van der Waals surface area contributed by atoms with E-state index in [2.05, 4.69) is 5.32 Å². The fraction of sp³-hybridized carbons (Fsp3) is 0.400. The lowest BCUT2D eigenvalue weighted by Crippen LogP contribution is -2.41. The molecule has 6 nitrogen and oxygen atoms in total. The molecule has 2 aromatic rings. The third-order valence-electron chi connectivity index (χ3n) is 6.38. The lowest BCUT2D eigenvalue weighted by molar-refractivity contribution is -0.137. The highest BCUT2D eigenvalue weighted by molar-refractivity contribution is 5.98. The van der Waals surface area contributed by atoms with Crippen LogP contribution < -0.4 is 5.32 Å². The number of piperidine rings is 1. The van der Waals surface area contributed by atoms with E-state index < -0.39 is 11.7 Å². The molecule has 0 spiro atoms. The highest BCUT2D eigenvalue weighted by Gasteiger charge is 2.31. The van der Waals surface area contributed by atoms with Crippen LogP contribution in [0.15, 0.2) is 48.5 Å². The molecule has 2 fully saturated rings. The van der Waals surface area contributed by atoms with Gasteiger partial charge in [0.1, 0.15) is 0 Å². The fourth-order valence-electron chi connectivity index (χ4n) is 4.41. The second-order valence-electron chi connectivity index (χ2n) is 8.71. The highest BCUT2D eigenvalue weighted by atomic mass is 19.4. The minimum absolute atomic E-state index is 0.0383. The first-order valence-corrected chi connectivity index (χ1v) is 11.4. The summed E-state index contributed by atoms with van der Waals surface area (Å²) in [5, 5.41) is 2.87. The van der Waals surface area contributed by atoms with Gasteiger partial charge in [-0.3, -0.25) is 14.4 Å². The Morgan fingerprint density at radius 2 is 1.38 bits per heavy atom. The molecule has 2 saturated heterocycles. The first kappa shape index (κ1) is 23.8. The number of carbonyl (C=O) groups is 3. The van der Waals surface area contributed by atoms with Gasteiger partial charge in [-0.25, -0.2) is 0 Å². The molecule has 0 bridgehead atoms. The van der Waals surface area contributed by atoms with Gasteiger partial charge in [-0.05, 0) is 68.1 Å². The van der Waals surface area contributed by atoms with Crippen molar-refractivity contribution in [3.63, 3.8) is 0 Å². The maximum atomic E-state index is 12.8. The van der Waals surface area contributed by atoms with Crippen LogP contribution >= 0.6 is 0 Å². The van der Waals surface area contributed by atoms with Crippen molar-refractivity contribution in [1.82, 2.24) is 9.80 Å². The van der Waals surface area contributed by atoms with Crippen molar-refractivity contribution in [3.8, 4) is 0 Å². The van der Waals surface area contributed by atoms with Crippen LogP contribution in [0, 0.1) is 5.92 Å². The predicted octanol–water partition coefficient (Wildman–Crippen LogP) is 4.43. The lowest BCUT2D eigenvalue weighted by atomic mass is 9.95. The third-order valence-corrected chi connectivity index (χ3v) is 6.38. The molecule has 1 N–H and O–H groups in total. The number of benzene rings is 2. The van der Waals surface area contributed by atoms with Gasteiger partial charge in [0.25, 0.3) is 11.8 Å². The van der Waals surface area contributed by atoms with Gasteiger partial charge in [0, 0.05) is 48.9 Å². The molecule has 180 valence electrons. The van der Waals surface area contributed by atoms with Crippen LogP contribution in [0.3, 0.4) is 0 Å². The van der Waals surface area contributed by atoms with E-state index in [1.807, 2.05) is 4.90 Å². The Hall–Kier alpha value is -3.36. The molecule has 2 aliphatic rings. The monoisotopic (exact) mass is 473 g/mol. The molecule has 2 aromatic carbocycles. The van der Waals surface area contributed by atoms with Crippen LogP contribution in [-0.4, -0.2) is 53.7 Å². The largest absolute Gasteiger partial charge is 0.416 e. The van der Waals surface area contributed by atoms with E-state index in [0.29, 0.717) is 37.2 Å². The zero-order valence-corrected chi connectivity index (χ0v) is 18.6. The molecule has 0 radical (unpaired) electrons.